The first-order valence-electron chi connectivity index (χ1n) is 19.5. The third kappa shape index (κ3) is 19.5. The standard InChI is InChI=1S/C36H68N8O18/c1-37-11-26(51)38(2)14-27(52)40(4)17-30(55)43(7)21(36(62)42(6)16-29(54)39(3)15-28(53)41(5)18-31(56)57)9-8-10-44(12-22(47)32(58)34(60)24(49)19-45)13-23(48)33(59)35(61)25(50)20-46/h21-25,32-35,37,45-50,58-61H,8-20H2,1-7H3,(H,56,57)/t21?,22-,23-,24+,25+,32+,33+,34+,35+/m0/s1. The van der Waals surface area contributed by atoms with Gasteiger partial charge in [-0.3, -0.25) is 38.5 Å². The number of amides is 6. The molecule has 0 aliphatic heterocycles. The molecule has 0 bridgehead atoms. The van der Waals surface area contributed by atoms with Gasteiger partial charge in [0.05, 0.1) is 58.1 Å². The first-order chi connectivity index (χ1) is 28.7. The number of carboxylic acid groups (broad SMARTS) is 1. The molecule has 0 rings (SSSR count). The van der Waals surface area contributed by atoms with Crippen molar-refractivity contribution in [2.75, 3.05) is 121 Å². The smallest absolute Gasteiger partial charge is 0.323 e. The predicted molar refractivity (Wildman–Crippen MR) is 214 cm³/mol. The highest BCUT2D eigenvalue weighted by Gasteiger charge is 2.36. The summed E-state index contributed by atoms with van der Waals surface area (Å²) in [4.78, 5) is 96.4. The van der Waals surface area contributed by atoms with Crippen molar-refractivity contribution in [1.82, 2.24) is 39.6 Å². The Kier molecular flexibility index (Phi) is 26.6. The molecule has 26 nitrogen and oxygen atoms in total. The van der Waals surface area contributed by atoms with Crippen LogP contribution in [0.5, 0.6) is 0 Å². The number of carbonyl (C=O) groups excluding carboxylic acids is 6. The fourth-order valence-corrected chi connectivity index (χ4v) is 5.75. The van der Waals surface area contributed by atoms with Crippen LogP contribution in [0.4, 0.5) is 0 Å². The average Bonchev–Trinajstić information content (AvgIpc) is 3.22. The third-order valence-electron chi connectivity index (χ3n) is 9.91. The number of aliphatic hydroxyl groups excluding tert-OH is 10. The summed E-state index contributed by atoms with van der Waals surface area (Å²) in [6.07, 6.45) is -16.1. The SMILES string of the molecule is CNCC(=O)N(C)CC(=O)N(C)CC(=O)N(C)C(CCCN(C[C@H](O)[C@@H](O)[C@H](O)[C@H](O)CO)C[C@H](O)[C@@H](O)[C@H](O)[C@H](O)CO)C(=O)N(C)CC(=O)N(C)CC(=O)N(C)CC(=O)O. The van der Waals surface area contributed by atoms with E-state index in [9.17, 15) is 74.4 Å². The molecule has 12 N–H and O–H groups in total. The Bertz CT molecular complexity index is 1420. The minimum absolute atomic E-state index is 0.0526. The fraction of sp³-hybridized carbons (Fsp3) is 0.806. The van der Waals surface area contributed by atoms with Gasteiger partial charge in [-0.1, -0.05) is 0 Å². The molecule has 0 saturated carbocycles. The molecule has 0 aromatic rings. The summed E-state index contributed by atoms with van der Waals surface area (Å²) >= 11 is 0. The van der Waals surface area contributed by atoms with Crippen molar-refractivity contribution in [3.63, 3.8) is 0 Å². The minimum Gasteiger partial charge on any atom is -0.480 e. The molecule has 0 heterocycles. The number of hydrogen-bond donors (Lipinski definition) is 12. The predicted octanol–water partition coefficient (Wildman–Crippen LogP) is -9.64. The molecule has 9 atom stereocenters. The highest BCUT2D eigenvalue weighted by molar-refractivity contribution is 5.93. The molecule has 0 saturated heterocycles. The van der Waals surface area contributed by atoms with E-state index in [0.717, 1.165) is 29.4 Å². The third-order valence-corrected chi connectivity index (χ3v) is 9.91. The second kappa shape index (κ2) is 28.5. The summed E-state index contributed by atoms with van der Waals surface area (Å²) in [5.41, 5.74) is 0. The summed E-state index contributed by atoms with van der Waals surface area (Å²) in [5, 5.41) is 112. The molecule has 0 spiro atoms. The van der Waals surface area contributed by atoms with E-state index in [1.807, 2.05) is 0 Å². The van der Waals surface area contributed by atoms with Crippen molar-refractivity contribution in [3.05, 3.63) is 0 Å². The van der Waals surface area contributed by atoms with Crippen LogP contribution < -0.4 is 5.32 Å². The van der Waals surface area contributed by atoms with Crippen LogP contribution in [0.15, 0.2) is 0 Å². The first-order valence-corrected chi connectivity index (χ1v) is 19.5. The normalized spacial score (nSPS) is 15.8. The van der Waals surface area contributed by atoms with Gasteiger partial charge in [0.25, 0.3) is 0 Å². The number of nitrogens with one attached hydrogen (secondary N) is 1. The van der Waals surface area contributed by atoms with E-state index in [1.165, 1.54) is 54.2 Å². The van der Waals surface area contributed by atoms with Gasteiger partial charge in [0.2, 0.25) is 35.4 Å². The Hall–Kier alpha value is -4.19. The van der Waals surface area contributed by atoms with Crippen LogP contribution in [0.3, 0.4) is 0 Å². The lowest BCUT2D eigenvalue weighted by molar-refractivity contribution is -0.149. The van der Waals surface area contributed by atoms with Crippen LogP contribution in [-0.4, -0.2) is 308 Å². The molecule has 0 radical (unpaired) electrons. The van der Waals surface area contributed by atoms with E-state index in [2.05, 4.69) is 5.32 Å². The fourth-order valence-electron chi connectivity index (χ4n) is 5.75. The highest BCUT2D eigenvalue weighted by Crippen LogP contribution is 2.15. The molecule has 62 heavy (non-hydrogen) atoms. The van der Waals surface area contributed by atoms with Crippen molar-refractivity contribution >= 4 is 41.4 Å². The number of carboxylic acids is 1. The van der Waals surface area contributed by atoms with Crippen molar-refractivity contribution in [3.8, 4) is 0 Å². The van der Waals surface area contributed by atoms with Gasteiger partial charge in [0.15, 0.2) is 0 Å². The maximum Gasteiger partial charge on any atom is 0.323 e. The summed E-state index contributed by atoms with van der Waals surface area (Å²) in [6, 6.07) is -1.40. The van der Waals surface area contributed by atoms with Crippen LogP contribution >= 0.6 is 0 Å². The van der Waals surface area contributed by atoms with Crippen LogP contribution in [0.1, 0.15) is 12.8 Å². The largest absolute Gasteiger partial charge is 0.480 e. The van der Waals surface area contributed by atoms with E-state index in [4.69, 9.17) is 15.3 Å². The van der Waals surface area contributed by atoms with E-state index >= 15 is 0 Å². The lowest BCUT2D eigenvalue weighted by Gasteiger charge is -2.35. The minimum atomic E-state index is -2.07. The van der Waals surface area contributed by atoms with Crippen molar-refractivity contribution in [2.24, 2.45) is 0 Å². The molecular weight excluding hydrogens is 832 g/mol. The molecule has 360 valence electrons. The van der Waals surface area contributed by atoms with Gasteiger partial charge in [-0.05, 0) is 26.4 Å². The zero-order chi connectivity index (χ0) is 48.2. The Morgan fingerprint density at radius 2 is 0.855 bits per heavy atom. The number of rotatable bonds is 30. The van der Waals surface area contributed by atoms with Crippen LogP contribution in [0.25, 0.3) is 0 Å². The van der Waals surface area contributed by atoms with Gasteiger partial charge in [0, 0.05) is 55.4 Å². The van der Waals surface area contributed by atoms with E-state index in [1.54, 1.807) is 0 Å². The quantitative estimate of drug-likeness (QED) is 0.0318. The van der Waals surface area contributed by atoms with Crippen molar-refractivity contribution < 1.29 is 89.7 Å². The second-order valence-corrected chi connectivity index (χ2v) is 15.1. The molecule has 0 aromatic carbocycles. The number of aliphatic hydroxyl groups is 10. The Morgan fingerprint density at radius 1 is 0.500 bits per heavy atom. The van der Waals surface area contributed by atoms with Gasteiger partial charge in [-0.2, -0.15) is 0 Å². The maximum atomic E-state index is 14.0. The molecule has 1 unspecified atom stereocenters. The zero-order valence-corrected chi connectivity index (χ0v) is 36.3. The molecule has 0 aliphatic carbocycles. The molecule has 0 aromatic heterocycles. The van der Waals surface area contributed by atoms with Gasteiger partial charge >= 0.3 is 5.97 Å². The van der Waals surface area contributed by atoms with Gasteiger partial charge in [0.1, 0.15) is 49.2 Å². The number of likely N-dealkylation sites (N-methyl/N-ethyl adjacent to an activating group) is 7. The molecule has 6 amide bonds. The summed E-state index contributed by atoms with van der Waals surface area (Å²) in [7, 11) is 9.15. The molecule has 0 fully saturated rings. The maximum absolute atomic E-state index is 14.0. The molecule has 26 heteroatoms. The summed E-state index contributed by atoms with van der Waals surface area (Å²) in [6.45, 7) is -6.25. The van der Waals surface area contributed by atoms with Crippen LogP contribution in [-0.2, 0) is 33.6 Å². The highest BCUT2D eigenvalue weighted by atomic mass is 16.4. The zero-order valence-electron chi connectivity index (χ0n) is 36.3. The van der Waals surface area contributed by atoms with Crippen LogP contribution in [0, 0.1) is 0 Å². The lowest BCUT2D eigenvalue weighted by atomic mass is 10.0. The van der Waals surface area contributed by atoms with E-state index < -0.39 is 149 Å². The van der Waals surface area contributed by atoms with Crippen molar-refractivity contribution in [1.29, 1.82) is 0 Å². The number of carbonyl (C=O) groups is 7. The molecule has 0 aliphatic rings. The topological polar surface area (TPSA) is 377 Å². The number of nitrogens with zero attached hydrogens (tertiary/aromatic N) is 7. The Morgan fingerprint density at radius 3 is 1.24 bits per heavy atom. The van der Waals surface area contributed by atoms with Crippen molar-refractivity contribution in [2.45, 2.75) is 67.7 Å². The Labute approximate surface area is 359 Å². The van der Waals surface area contributed by atoms with Gasteiger partial charge < -0.3 is 90.9 Å². The average molecular weight is 901 g/mol. The first kappa shape index (κ1) is 57.8. The lowest BCUT2D eigenvalue weighted by Crippen LogP contribution is -2.54. The van der Waals surface area contributed by atoms with Gasteiger partial charge in [-0.15, -0.1) is 0 Å². The Balaban J connectivity index is 6.53. The second-order valence-electron chi connectivity index (χ2n) is 15.1. The monoisotopic (exact) mass is 900 g/mol. The van der Waals surface area contributed by atoms with E-state index in [0.29, 0.717) is 0 Å². The summed E-state index contributed by atoms with van der Waals surface area (Å²) in [5.74, 6) is -5.36. The van der Waals surface area contributed by atoms with E-state index in [-0.39, 0.29) is 32.5 Å². The number of aliphatic carboxylic acids is 1. The summed E-state index contributed by atoms with van der Waals surface area (Å²) < 4.78 is 0. The van der Waals surface area contributed by atoms with Crippen LogP contribution in [0.2, 0.25) is 0 Å². The van der Waals surface area contributed by atoms with Gasteiger partial charge in [-0.25, -0.2) is 0 Å². The number of hydrogen-bond acceptors (Lipinski definition) is 19. The molecular formula is C36H68N8O18.